The van der Waals surface area contributed by atoms with Crippen molar-refractivity contribution in [3.63, 3.8) is 0 Å². The van der Waals surface area contributed by atoms with E-state index in [0.717, 1.165) is 0 Å². The molecule has 1 aromatic heterocycles. The Morgan fingerprint density at radius 2 is 2.25 bits per heavy atom. The molecule has 1 aromatic rings. The average Bonchev–Trinajstić information content (AvgIpc) is 2.32. The molecule has 0 saturated carbocycles. The van der Waals surface area contributed by atoms with Gasteiger partial charge in [-0.3, -0.25) is 0 Å². The molecule has 0 aromatic carbocycles. The molecule has 0 aliphatic carbocycles. The van der Waals surface area contributed by atoms with Crippen molar-refractivity contribution in [3.8, 4) is 0 Å². The van der Waals surface area contributed by atoms with Gasteiger partial charge in [0.15, 0.2) is 0 Å². The number of oxazole rings is 1. The fraction of sp³-hybridized carbons (Fsp3) is 0.625. The Labute approximate surface area is 71.6 Å². The van der Waals surface area contributed by atoms with Crippen molar-refractivity contribution in [1.29, 1.82) is 0 Å². The summed E-state index contributed by atoms with van der Waals surface area (Å²) >= 11 is 0. The summed E-state index contributed by atoms with van der Waals surface area (Å²) in [5.74, 6) is 0. The molecule has 0 saturated heterocycles. The third-order valence-corrected chi connectivity index (χ3v) is 1.20. The summed E-state index contributed by atoms with van der Waals surface area (Å²) in [7, 11) is 0. The molecular weight excluding hydrogens is 156 g/mol. The van der Waals surface area contributed by atoms with Crippen LogP contribution in [0.3, 0.4) is 0 Å². The van der Waals surface area contributed by atoms with Crippen LogP contribution in [0.2, 0.25) is 0 Å². The summed E-state index contributed by atoms with van der Waals surface area (Å²) < 4.78 is 5.05. The fourth-order valence-corrected chi connectivity index (χ4v) is 0.758. The van der Waals surface area contributed by atoms with Gasteiger partial charge in [0.05, 0.1) is 6.61 Å². The minimum absolute atomic E-state index is 0.0718. The van der Waals surface area contributed by atoms with E-state index in [1.165, 1.54) is 6.26 Å². The molecule has 0 amide bonds. The summed E-state index contributed by atoms with van der Waals surface area (Å²) in [5, 5.41) is 11.7. The first kappa shape index (κ1) is 9.06. The van der Waals surface area contributed by atoms with E-state index in [1.54, 1.807) is 0 Å². The van der Waals surface area contributed by atoms with Crippen LogP contribution in [0, 0.1) is 0 Å². The molecule has 4 nitrogen and oxygen atoms in total. The first-order valence-corrected chi connectivity index (χ1v) is 3.85. The molecule has 1 rings (SSSR count). The summed E-state index contributed by atoms with van der Waals surface area (Å²) in [4.78, 5) is 3.99. The Kier molecular flexibility index (Phi) is 2.38. The van der Waals surface area contributed by atoms with Crippen molar-refractivity contribution in [2.24, 2.45) is 0 Å². The van der Waals surface area contributed by atoms with Crippen LogP contribution < -0.4 is 5.32 Å². The van der Waals surface area contributed by atoms with Gasteiger partial charge in [0.2, 0.25) is 0 Å². The number of nitrogens with zero attached hydrogens (tertiary/aromatic N) is 1. The van der Waals surface area contributed by atoms with Gasteiger partial charge in [-0.25, -0.2) is 0 Å². The lowest BCUT2D eigenvalue weighted by atomic mass is 10.1. The van der Waals surface area contributed by atoms with Gasteiger partial charge >= 0.3 is 0 Å². The van der Waals surface area contributed by atoms with Gasteiger partial charge in [-0.2, -0.15) is 4.98 Å². The normalized spacial score (nSPS) is 11.7. The van der Waals surface area contributed by atoms with Crippen LogP contribution >= 0.6 is 0 Å². The number of hydrogen-bond acceptors (Lipinski definition) is 4. The molecule has 0 spiro atoms. The number of anilines is 1. The molecular formula is C8H14N2O2. The predicted molar refractivity (Wildman–Crippen MR) is 45.8 cm³/mol. The third-order valence-electron chi connectivity index (χ3n) is 1.20. The molecule has 0 unspecified atom stereocenters. The molecule has 0 aliphatic rings. The molecule has 4 heteroatoms. The van der Waals surface area contributed by atoms with E-state index in [1.807, 2.05) is 20.8 Å². The van der Waals surface area contributed by atoms with Crippen LogP contribution in [0.5, 0.6) is 0 Å². The zero-order chi connectivity index (χ0) is 9.19. The Morgan fingerprint density at radius 3 is 2.67 bits per heavy atom. The Morgan fingerprint density at radius 1 is 1.58 bits per heavy atom. The Balaban J connectivity index is 2.64. The molecule has 1 heterocycles. The summed E-state index contributed by atoms with van der Waals surface area (Å²) in [6.07, 6.45) is 1.44. The van der Waals surface area contributed by atoms with Gasteiger partial charge in [0, 0.05) is 5.54 Å². The number of nitrogens with one attached hydrogen (secondary N) is 1. The van der Waals surface area contributed by atoms with Gasteiger partial charge in [-0.1, -0.05) is 0 Å². The van der Waals surface area contributed by atoms with E-state index >= 15 is 0 Å². The average molecular weight is 170 g/mol. The predicted octanol–water partition coefficient (Wildman–Crippen LogP) is 1.38. The van der Waals surface area contributed by atoms with Crippen LogP contribution in [0.1, 0.15) is 26.5 Å². The highest BCUT2D eigenvalue weighted by atomic mass is 16.4. The van der Waals surface area contributed by atoms with E-state index in [0.29, 0.717) is 11.7 Å². The minimum Gasteiger partial charge on any atom is -0.432 e. The summed E-state index contributed by atoms with van der Waals surface area (Å²) in [6, 6.07) is 0.451. The Hall–Kier alpha value is -1.03. The largest absolute Gasteiger partial charge is 0.432 e. The molecule has 0 radical (unpaired) electrons. The standard InChI is InChI=1S/C8H14N2O2/c1-8(2,3)10-7-9-6(4-11)5-12-7/h5,11H,4H2,1-3H3,(H,9,10). The van der Waals surface area contributed by atoms with E-state index < -0.39 is 0 Å². The molecule has 0 bridgehead atoms. The quantitative estimate of drug-likeness (QED) is 0.704. The van der Waals surface area contributed by atoms with Crippen LogP contribution in [-0.4, -0.2) is 15.6 Å². The van der Waals surface area contributed by atoms with Crippen molar-refractivity contribution in [3.05, 3.63) is 12.0 Å². The number of aliphatic hydroxyl groups is 1. The maximum absolute atomic E-state index is 8.70. The second-order valence-corrected chi connectivity index (χ2v) is 3.68. The maximum Gasteiger partial charge on any atom is 0.295 e. The lowest BCUT2D eigenvalue weighted by molar-refractivity contribution is 0.276. The topological polar surface area (TPSA) is 58.3 Å². The SMILES string of the molecule is CC(C)(C)Nc1nc(CO)co1. The lowest BCUT2D eigenvalue weighted by Crippen LogP contribution is -2.26. The van der Waals surface area contributed by atoms with Gasteiger partial charge in [0.1, 0.15) is 12.0 Å². The number of hydrogen-bond donors (Lipinski definition) is 2. The molecule has 0 fully saturated rings. The molecule has 2 N–H and O–H groups in total. The monoisotopic (exact) mass is 170 g/mol. The summed E-state index contributed by atoms with van der Waals surface area (Å²) in [5.41, 5.74) is 0.471. The molecule has 12 heavy (non-hydrogen) atoms. The summed E-state index contributed by atoms with van der Waals surface area (Å²) in [6.45, 7) is 5.94. The highest BCUT2D eigenvalue weighted by Crippen LogP contribution is 2.13. The first-order valence-electron chi connectivity index (χ1n) is 3.85. The number of aliphatic hydroxyl groups excluding tert-OH is 1. The van der Waals surface area contributed by atoms with Crippen molar-refractivity contribution < 1.29 is 9.52 Å². The van der Waals surface area contributed by atoms with Crippen molar-refractivity contribution >= 4 is 6.01 Å². The fourth-order valence-electron chi connectivity index (χ4n) is 0.758. The zero-order valence-corrected chi connectivity index (χ0v) is 7.59. The van der Waals surface area contributed by atoms with Crippen LogP contribution in [-0.2, 0) is 6.61 Å². The first-order chi connectivity index (χ1) is 5.51. The number of rotatable bonds is 2. The van der Waals surface area contributed by atoms with Crippen LogP contribution in [0.15, 0.2) is 10.7 Å². The van der Waals surface area contributed by atoms with Gasteiger partial charge < -0.3 is 14.8 Å². The van der Waals surface area contributed by atoms with Crippen molar-refractivity contribution in [1.82, 2.24) is 4.98 Å². The minimum atomic E-state index is -0.0880. The zero-order valence-electron chi connectivity index (χ0n) is 7.59. The van der Waals surface area contributed by atoms with Crippen molar-refractivity contribution in [2.45, 2.75) is 32.9 Å². The maximum atomic E-state index is 8.70. The molecule has 0 aliphatic heterocycles. The van der Waals surface area contributed by atoms with Crippen LogP contribution in [0.4, 0.5) is 6.01 Å². The van der Waals surface area contributed by atoms with Gasteiger partial charge in [-0.15, -0.1) is 0 Å². The van der Waals surface area contributed by atoms with E-state index in [2.05, 4.69) is 10.3 Å². The lowest BCUT2D eigenvalue weighted by Gasteiger charge is -2.18. The molecule has 68 valence electrons. The second kappa shape index (κ2) is 3.15. The van der Waals surface area contributed by atoms with Crippen LogP contribution in [0.25, 0.3) is 0 Å². The van der Waals surface area contributed by atoms with E-state index in [4.69, 9.17) is 9.52 Å². The van der Waals surface area contributed by atoms with Crippen molar-refractivity contribution in [2.75, 3.05) is 5.32 Å². The van der Waals surface area contributed by atoms with E-state index in [-0.39, 0.29) is 12.1 Å². The third kappa shape index (κ3) is 2.54. The smallest absolute Gasteiger partial charge is 0.295 e. The van der Waals surface area contributed by atoms with Gasteiger partial charge in [0.25, 0.3) is 6.01 Å². The highest BCUT2D eigenvalue weighted by Gasteiger charge is 2.12. The highest BCUT2D eigenvalue weighted by molar-refractivity contribution is 5.24. The second-order valence-electron chi connectivity index (χ2n) is 3.68. The van der Waals surface area contributed by atoms with E-state index in [9.17, 15) is 0 Å². The molecule has 0 atom stereocenters. The Bertz CT molecular complexity index is 250. The number of aromatic nitrogens is 1. The van der Waals surface area contributed by atoms with Gasteiger partial charge in [-0.05, 0) is 20.8 Å².